The highest BCUT2D eigenvalue weighted by atomic mass is 16.5. The van der Waals surface area contributed by atoms with Gasteiger partial charge < -0.3 is 24.2 Å². The van der Waals surface area contributed by atoms with Crippen molar-refractivity contribution in [3.63, 3.8) is 0 Å². The minimum atomic E-state index is -0.264. The SMILES string of the molecule is CCOC(=O)CCc1cc(/C(=N\O)c2ccc(OCC(C)C)cc2OCC(C)C)ccc1OCC(C)C. The van der Waals surface area contributed by atoms with Crippen molar-refractivity contribution in [3.05, 3.63) is 53.1 Å². The van der Waals surface area contributed by atoms with E-state index < -0.39 is 0 Å². The summed E-state index contributed by atoms with van der Waals surface area (Å²) < 4.78 is 23.1. The summed E-state index contributed by atoms with van der Waals surface area (Å²) in [5.41, 5.74) is 2.53. The van der Waals surface area contributed by atoms with Gasteiger partial charge in [-0.1, -0.05) is 46.7 Å². The zero-order valence-corrected chi connectivity index (χ0v) is 23.4. The van der Waals surface area contributed by atoms with Crippen molar-refractivity contribution < 1.29 is 28.9 Å². The van der Waals surface area contributed by atoms with Gasteiger partial charge in [0.2, 0.25) is 0 Å². The first kappa shape index (κ1) is 30.0. The van der Waals surface area contributed by atoms with Crippen LogP contribution in [0.2, 0.25) is 0 Å². The number of carbonyl (C=O) groups is 1. The van der Waals surface area contributed by atoms with Crippen LogP contribution in [0.25, 0.3) is 0 Å². The first-order valence-electron chi connectivity index (χ1n) is 13.2. The molecule has 0 atom stereocenters. The molecular formula is C30H43NO6. The minimum absolute atomic E-state index is 0.228. The average molecular weight is 514 g/mol. The fourth-order valence-corrected chi connectivity index (χ4v) is 3.48. The number of aryl methyl sites for hydroxylation is 1. The van der Waals surface area contributed by atoms with Crippen molar-refractivity contribution in [3.8, 4) is 17.2 Å². The van der Waals surface area contributed by atoms with E-state index in [1.807, 2.05) is 36.4 Å². The van der Waals surface area contributed by atoms with Crippen molar-refractivity contribution >= 4 is 11.7 Å². The van der Waals surface area contributed by atoms with E-state index in [0.717, 1.165) is 5.56 Å². The van der Waals surface area contributed by atoms with Gasteiger partial charge in [-0.2, -0.15) is 0 Å². The number of nitrogens with zero attached hydrogens (tertiary/aromatic N) is 1. The maximum atomic E-state index is 12.0. The van der Waals surface area contributed by atoms with Crippen LogP contribution >= 0.6 is 0 Å². The minimum Gasteiger partial charge on any atom is -0.493 e. The summed E-state index contributed by atoms with van der Waals surface area (Å²) in [6.45, 7) is 16.3. The standard InChI is InChI=1S/C30H43NO6/c1-8-34-29(32)14-10-23-15-24(9-13-27(23)36-18-21(4)5)30(31-33)26-12-11-25(35-17-20(2)3)16-28(26)37-19-22(6)7/h9,11-13,15-16,20-22,33H,8,10,14,17-19H2,1-7H3/b31-30+. The molecule has 0 aliphatic heterocycles. The van der Waals surface area contributed by atoms with E-state index in [-0.39, 0.29) is 12.4 Å². The van der Waals surface area contributed by atoms with Crippen LogP contribution in [0.1, 0.15) is 71.6 Å². The van der Waals surface area contributed by atoms with Crippen LogP contribution in [0.5, 0.6) is 17.2 Å². The Morgan fingerprint density at radius 1 is 0.838 bits per heavy atom. The molecule has 0 aromatic heterocycles. The van der Waals surface area contributed by atoms with E-state index in [0.29, 0.717) is 84.7 Å². The number of carbonyl (C=O) groups excluding carboxylic acids is 1. The summed E-state index contributed by atoms with van der Waals surface area (Å²) in [6, 6.07) is 11.2. The van der Waals surface area contributed by atoms with E-state index in [2.05, 4.69) is 46.7 Å². The van der Waals surface area contributed by atoms with E-state index in [9.17, 15) is 10.0 Å². The van der Waals surface area contributed by atoms with Crippen molar-refractivity contribution in [2.24, 2.45) is 22.9 Å². The Bertz CT molecular complexity index is 1030. The normalized spacial score (nSPS) is 11.8. The zero-order valence-electron chi connectivity index (χ0n) is 23.4. The van der Waals surface area contributed by atoms with Crippen LogP contribution in [0.15, 0.2) is 41.6 Å². The summed E-state index contributed by atoms with van der Waals surface area (Å²) in [6.07, 6.45) is 0.670. The molecule has 204 valence electrons. The largest absolute Gasteiger partial charge is 0.493 e. The van der Waals surface area contributed by atoms with Gasteiger partial charge in [-0.3, -0.25) is 4.79 Å². The lowest BCUT2D eigenvalue weighted by Gasteiger charge is -2.18. The molecule has 7 heteroatoms. The molecule has 1 N–H and O–H groups in total. The fraction of sp³-hybridized carbons (Fsp3) is 0.533. The topological polar surface area (TPSA) is 86.6 Å². The Morgan fingerprint density at radius 2 is 1.46 bits per heavy atom. The number of rotatable bonds is 15. The van der Waals surface area contributed by atoms with Gasteiger partial charge in [0.15, 0.2) is 0 Å². The third kappa shape index (κ3) is 9.98. The van der Waals surface area contributed by atoms with Gasteiger partial charge in [-0.25, -0.2) is 0 Å². The molecule has 0 radical (unpaired) electrons. The molecule has 0 saturated heterocycles. The lowest BCUT2D eigenvalue weighted by Crippen LogP contribution is -2.13. The Morgan fingerprint density at radius 3 is 2.05 bits per heavy atom. The maximum absolute atomic E-state index is 12.0. The average Bonchev–Trinajstić information content (AvgIpc) is 2.85. The molecule has 0 spiro atoms. The van der Waals surface area contributed by atoms with Crippen LogP contribution in [-0.4, -0.2) is 43.3 Å². The molecule has 0 aliphatic carbocycles. The van der Waals surface area contributed by atoms with Crippen molar-refractivity contribution in [1.29, 1.82) is 0 Å². The third-order valence-corrected chi connectivity index (χ3v) is 5.27. The first-order valence-corrected chi connectivity index (χ1v) is 13.2. The Hall–Kier alpha value is -3.22. The molecular weight excluding hydrogens is 470 g/mol. The predicted octanol–water partition coefficient (Wildman–Crippen LogP) is 6.51. The van der Waals surface area contributed by atoms with Crippen LogP contribution < -0.4 is 14.2 Å². The number of oxime groups is 1. The Labute approximate surface area is 221 Å². The molecule has 2 aromatic rings. The second-order valence-corrected chi connectivity index (χ2v) is 10.3. The number of ether oxygens (including phenoxy) is 4. The summed E-state index contributed by atoms with van der Waals surface area (Å²) in [7, 11) is 0. The van der Waals surface area contributed by atoms with Crippen molar-refractivity contribution in [1.82, 2.24) is 0 Å². The highest BCUT2D eigenvalue weighted by molar-refractivity contribution is 6.14. The van der Waals surface area contributed by atoms with E-state index >= 15 is 0 Å². The number of esters is 1. The zero-order chi connectivity index (χ0) is 27.4. The predicted molar refractivity (Wildman–Crippen MR) is 146 cm³/mol. The van der Waals surface area contributed by atoms with Gasteiger partial charge >= 0.3 is 5.97 Å². The smallest absolute Gasteiger partial charge is 0.306 e. The maximum Gasteiger partial charge on any atom is 0.306 e. The van der Waals surface area contributed by atoms with Crippen LogP contribution in [0.3, 0.4) is 0 Å². The Kier molecular flexibility index (Phi) is 12.3. The van der Waals surface area contributed by atoms with Gasteiger partial charge in [-0.05, 0) is 67.0 Å². The molecule has 2 rings (SSSR count). The van der Waals surface area contributed by atoms with Crippen LogP contribution in [0, 0.1) is 17.8 Å². The third-order valence-electron chi connectivity index (χ3n) is 5.27. The first-order chi connectivity index (χ1) is 17.6. The molecule has 0 saturated carbocycles. The number of hydrogen-bond donors (Lipinski definition) is 1. The van der Waals surface area contributed by atoms with Crippen LogP contribution in [-0.2, 0) is 16.0 Å². The van der Waals surface area contributed by atoms with Gasteiger partial charge in [0.25, 0.3) is 0 Å². The second-order valence-electron chi connectivity index (χ2n) is 10.3. The molecule has 0 amide bonds. The lowest BCUT2D eigenvalue weighted by molar-refractivity contribution is -0.143. The molecule has 7 nitrogen and oxygen atoms in total. The molecule has 2 aromatic carbocycles. The van der Waals surface area contributed by atoms with Gasteiger partial charge in [0, 0.05) is 23.6 Å². The summed E-state index contributed by atoms with van der Waals surface area (Å²) in [5, 5.41) is 13.8. The molecule has 0 bridgehead atoms. The van der Waals surface area contributed by atoms with E-state index in [1.165, 1.54) is 0 Å². The summed E-state index contributed by atoms with van der Waals surface area (Å²) in [5.74, 6) is 2.77. The fourth-order valence-electron chi connectivity index (χ4n) is 3.48. The van der Waals surface area contributed by atoms with Gasteiger partial charge in [0.05, 0.1) is 26.4 Å². The molecule has 37 heavy (non-hydrogen) atoms. The van der Waals surface area contributed by atoms with Gasteiger partial charge in [0.1, 0.15) is 23.0 Å². The number of hydrogen-bond acceptors (Lipinski definition) is 7. The molecule has 0 aliphatic rings. The van der Waals surface area contributed by atoms with Crippen molar-refractivity contribution in [2.75, 3.05) is 26.4 Å². The van der Waals surface area contributed by atoms with Crippen LogP contribution in [0.4, 0.5) is 0 Å². The molecule has 0 heterocycles. The number of benzene rings is 2. The molecule has 0 fully saturated rings. The molecule has 0 unspecified atom stereocenters. The van der Waals surface area contributed by atoms with Gasteiger partial charge in [-0.15, -0.1) is 0 Å². The van der Waals surface area contributed by atoms with E-state index in [4.69, 9.17) is 18.9 Å². The quantitative estimate of drug-likeness (QED) is 0.126. The lowest BCUT2D eigenvalue weighted by atomic mass is 9.97. The monoisotopic (exact) mass is 513 g/mol. The Balaban J connectivity index is 2.45. The van der Waals surface area contributed by atoms with Crippen molar-refractivity contribution in [2.45, 2.75) is 61.3 Å². The summed E-state index contributed by atoms with van der Waals surface area (Å²) in [4.78, 5) is 12.0. The summed E-state index contributed by atoms with van der Waals surface area (Å²) >= 11 is 0. The highest BCUT2D eigenvalue weighted by Gasteiger charge is 2.18. The second kappa shape index (κ2) is 15.1. The highest BCUT2D eigenvalue weighted by Crippen LogP contribution is 2.30. The van der Waals surface area contributed by atoms with E-state index in [1.54, 1.807) is 6.92 Å².